The number of aromatic nitrogens is 1. The number of benzene rings is 2. The van der Waals surface area contributed by atoms with E-state index in [-0.39, 0.29) is 35.6 Å². The third kappa shape index (κ3) is 3.38. The fourth-order valence-electron chi connectivity index (χ4n) is 3.98. The summed E-state index contributed by atoms with van der Waals surface area (Å²) in [6, 6.07) is 8.11. The van der Waals surface area contributed by atoms with E-state index in [1.807, 2.05) is 0 Å². The Balaban J connectivity index is 1.69. The number of rotatable bonds is 5. The molecule has 4 N–H and O–H groups in total. The van der Waals surface area contributed by atoms with Crippen LogP contribution in [-0.4, -0.2) is 24.0 Å². The van der Waals surface area contributed by atoms with E-state index >= 15 is 0 Å². The van der Waals surface area contributed by atoms with Crippen molar-refractivity contribution < 1.29 is 18.0 Å². The molecule has 4 rings (SSSR count). The van der Waals surface area contributed by atoms with Crippen LogP contribution in [0, 0.1) is 23.4 Å². The van der Waals surface area contributed by atoms with E-state index < -0.39 is 11.6 Å². The summed E-state index contributed by atoms with van der Waals surface area (Å²) in [7, 11) is 0. The molecule has 0 unspecified atom stereocenters. The van der Waals surface area contributed by atoms with Gasteiger partial charge >= 0.3 is 0 Å². The maximum atomic E-state index is 14.3. The van der Waals surface area contributed by atoms with Crippen molar-refractivity contribution in [3.8, 4) is 11.3 Å². The van der Waals surface area contributed by atoms with Crippen molar-refractivity contribution in [2.75, 3.05) is 13.1 Å². The van der Waals surface area contributed by atoms with Gasteiger partial charge < -0.3 is 16.0 Å². The third-order valence-electron chi connectivity index (χ3n) is 5.41. The number of nitrogens with two attached hydrogens (primary N) is 1. The van der Waals surface area contributed by atoms with E-state index in [0.29, 0.717) is 23.2 Å². The monoisotopic (exact) mass is 387 g/mol. The first-order chi connectivity index (χ1) is 13.5. The molecule has 0 radical (unpaired) electrons. The summed E-state index contributed by atoms with van der Waals surface area (Å²) in [4.78, 5) is 14.4. The third-order valence-corrected chi connectivity index (χ3v) is 5.41. The van der Waals surface area contributed by atoms with Crippen molar-refractivity contribution in [1.82, 2.24) is 10.3 Å². The van der Waals surface area contributed by atoms with Crippen LogP contribution >= 0.6 is 0 Å². The molecule has 0 bridgehead atoms. The minimum Gasteiger partial charge on any atom is -0.355 e. The van der Waals surface area contributed by atoms with Crippen LogP contribution in [0.3, 0.4) is 0 Å². The van der Waals surface area contributed by atoms with Gasteiger partial charge in [0.1, 0.15) is 17.5 Å². The summed E-state index contributed by atoms with van der Waals surface area (Å²) >= 11 is 0. The Kier molecular flexibility index (Phi) is 4.85. The molecule has 4 nitrogen and oxygen atoms in total. The molecule has 1 aliphatic carbocycles. The molecule has 2 aromatic carbocycles. The van der Waals surface area contributed by atoms with Gasteiger partial charge in [-0.2, -0.15) is 0 Å². The van der Waals surface area contributed by atoms with Gasteiger partial charge in [0.15, 0.2) is 0 Å². The smallest absolute Gasteiger partial charge is 0.233 e. The molecule has 0 spiro atoms. The zero-order valence-corrected chi connectivity index (χ0v) is 15.1. The molecule has 28 heavy (non-hydrogen) atoms. The average Bonchev–Trinajstić information content (AvgIpc) is 3.00. The first-order valence-electron chi connectivity index (χ1n) is 9.19. The van der Waals surface area contributed by atoms with E-state index in [1.54, 1.807) is 12.1 Å². The minimum atomic E-state index is -0.657. The van der Waals surface area contributed by atoms with Gasteiger partial charge in [0.05, 0.1) is 17.8 Å². The van der Waals surface area contributed by atoms with E-state index in [1.165, 1.54) is 18.2 Å². The van der Waals surface area contributed by atoms with Gasteiger partial charge in [0.25, 0.3) is 0 Å². The number of hydrogen-bond donors (Lipinski definition) is 3. The second-order valence-corrected chi connectivity index (χ2v) is 7.27. The maximum Gasteiger partial charge on any atom is 0.233 e. The zero-order valence-electron chi connectivity index (χ0n) is 15.1. The van der Waals surface area contributed by atoms with Gasteiger partial charge in [0, 0.05) is 18.0 Å². The van der Waals surface area contributed by atoms with Crippen LogP contribution in [-0.2, 0) is 4.79 Å². The highest BCUT2D eigenvalue weighted by Gasteiger charge is 2.34. The topological polar surface area (TPSA) is 70.9 Å². The lowest BCUT2D eigenvalue weighted by Gasteiger charge is -2.36. The standard InChI is InChI=1S/C21H20F3N3O/c22-14-3-1-12(2-4-14)20-19(13-5-11(6-13)10-26-18(28)9-25)16-7-15(23)8-17(24)21(16)27-20/h1-4,7-8,11,13,27H,5-6,9-10,25H2,(H,26,28)/t11-,13+. The van der Waals surface area contributed by atoms with Crippen LogP contribution in [0.25, 0.3) is 22.2 Å². The van der Waals surface area contributed by atoms with E-state index in [4.69, 9.17) is 5.73 Å². The summed E-state index contributed by atoms with van der Waals surface area (Å²) in [5.41, 5.74) is 7.76. The number of aromatic amines is 1. The number of nitrogens with one attached hydrogen (secondary N) is 2. The van der Waals surface area contributed by atoms with Crippen LogP contribution in [0.15, 0.2) is 36.4 Å². The molecule has 146 valence electrons. The molecule has 0 aliphatic heterocycles. The first kappa shape index (κ1) is 18.6. The number of carbonyl (C=O) groups is 1. The SMILES string of the molecule is NCC(=O)NC[C@H]1C[C@@H](c2c(-c3ccc(F)cc3)[nH]c3c(F)cc(F)cc32)C1. The second-order valence-electron chi connectivity index (χ2n) is 7.27. The molecule has 1 amide bonds. The van der Waals surface area contributed by atoms with Crippen molar-refractivity contribution >= 4 is 16.8 Å². The van der Waals surface area contributed by atoms with Gasteiger partial charge in [-0.1, -0.05) is 0 Å². The summed E-state index contributed by atoms with van der Waals surface area (Å²) in [6.07, 6.45) is 1.56. The van der Waals surface area contributed by atoms with Crippen molar-refractivity contribution in [3.63, 3.8) is 0 Å². The van der Waals surface area contributed by atoms with Crippen molar-refractivity contribution in [2.45, 2.75) is 18.8 Å². The molecular formula is C21H20F3N3O. The number of H-pyrrole nitrogens is 1. The maximum absolute atomic E-state index is 14.3. The second kappa shape index (κ2) is 7.31. The molecular weight excluding hydrogens is 367 g/mol. The molecule has 1 fully saturated rings. The Bertz CT molecular complexity index is 1020. The Hall–Kier alpha value is -2.80. The predicted molar refractivity (Wildman–Crippen MR) is 101 cm³/mol. The number of fused-ring (bicyclic) bond motifs is 1. The fourth-order valence-corrected chi connectivity index (χ4v) is 3.98. The molecule has 0 saturated heterocycles. The van der Waals surface area contributed by atoms with Crippen LogP contribution in [0.4, 0.5) is 13.2 Å². The highest BCUT2D eigenvalue weighted by molar-refractivity contribution is 5.92. The number of halogens is 3. The summed E-state index contributed by atoms with van der Waals surface area (Å²) in [5.74, 6) is -1.48. The van der Waals surface area contributed by atoms with Crippen LogP contribution < -0.4 is 11.1 Å². The van der Waals surface area contributed by atoms with Gasteiger partial charge in [-0.25, -0.2) is 13.2 Å². The summed E-state index contributed by atoms with van der Waals surface area (Å²) in [5, 5.41) is 3.28. The van der Waals surface area contributed by atoms with E-state index in [2.05, 4.69) is 10.3 Å². The lowest BCUT2D eigenvalue weighted by Crippen LogP contribution is -2.38. The van der Waals surface area contributed by atoms with Gasteiger partial charge in [-0.15, -0.1) is 0 Å². The molecule has 1 aliphatic rings. The average molecular weight is 387 g/mol. The van der Waals surface area contributed by atoms with Crippen LogP contribution in [0.2, 0.25) is 0 Å². The first-order valence-corrected chi connectivity index (χ1v) is 9.19. The largest absolute Gasteiger partial charge is 0.355 e. The highest BCUT2D eigenvalue weighted by Crippen LogP contribution is 2.48. The molecule has 0 atom stereocenters. The molecule has 1 saturated carbocycles. The van der Waals surface area contributed by atoms with E-state index in [9.17, 15) is 18.0 Å². The Morgan fingerprint density at radius 2 is 1.82 bits per heavy atom. The molecule has 7 heteroatoms. The molecule has 1 aromatic heterocycles. The lowest BCUT2D eigenvalue weighted by atomic mass is 9.70. The Morgan fingerprint density at radius 1 is 1.11 bits per heavy atom. The highest BCUT2D eigenvalue weighted by atomic mass is 19.1. The number of hydrogen-bond acceptors (Lipinski definition) is 2. The van der Waals surface area contributed by atoms with Crippen molar-refractivity contribution in [3.05, 3.63) is 59.4 Å². The van der Waals surface area contributed by atoms with Gasteiger partial charge in [-0.05, 0) is 66.1 Å². The summed E-state index contributed by atoms with van der Waals surface area (Å²) < 4.78 is 41.6. The summed E-state index contributed by atoms with van der Waals surface area (Å²) in [6.45, 7) is 0.482. The van der Waals surface area contributed by atoms with Crippen LogP contribution in [0.1, 0.15) is 24.3 Å². The Morgan fingerprint density at radius 3 is 2.50 bits per heavy atom. The van der Waals surface area contributed by atoms with Crippen LogP contribution in [0.5, 0.6) is 0 Å². The van der Waals surface area contributed by atoms with Crippen molar-refractivity contribution in [2.24, 2.45) is 11.7 Å². The molecule has 1 heterocycles. The molecule has 3 aromatic rings. The fraction of sp³-hybridized carbons (Fsp3) is 0.286. The minimum absolute atomic E-state index is 0.0497. The Labute approximate surface area is 159 Å². The normalized spacial score (nSPS) is 18.9. The number of carbonyl (C=O) groups excluding carboxylic acids is 1. The predicted octanol–water partition coefficient (Wildman–Crippen LogP) is 3.82. The van der Waals surface area contributed by atoms with Crippen molar-refractivity contribution in [1.29, 1.82) is 0 Å². The van der Waals surface area contributed by atoms with E-state index in [0.717, 1.165) is 24.5 Å². The van der Waals surface area contributed by atoms with Gasteiger partial charge in [0.2, 0.25) is 5.91 Å². The van der Waals surface area contributed by atoms with Gasteiger partial charge in [-0.3, -0.25) is 4.79 Å². The quantitative estimate of drug-likeness (QED) is 0.623. The lowest BCUT2D eigenvalue weighted by molar-refractivity contribution is -0.120. The zero-order chi connectivity index (χ0) is 19.8. The number of amides is 1.